The third kappa shape index (κ3) is 9.48. The van der Waals surface area contributed by atoms with Crippen LogP contribution in [0.3, 0.4) is 0 Å². The smallest absolute Gasteiger partial charge is 0.397 e. The van der Waals surface area contributed by atoms with Gasteiger partial charge >= 0.3 is 21.7 Å². The molecule has 2 rings (SSSR count). The molecule has 0 unspecified atom stereocenters. The van der Waals surface area contributed by atoms with Gasteiger partial charge in [-0.1, -0.05) is 17.7 Å². The summed E-state index contributed by atoms with van der Waals surface area (Å²) < 4.78 is 0. The molecule has 0 aromatic heterocycles. The standard InChI is InChI=1S/C12H11.C2H6O.CH3.2ClH.Ti/c1-10-6-5-9-12(10)11-7-3-2-4-8-11;1-2-3;;;;/h2-7H,9H2,1H3;3H,2H2,1H3;1H3;2*1H;/q-1;;-1;;;+2. The maximum atomic E-state index is 7.57. The first-order chi connectivity index (χ1) is 7.29. The summed E-state index contributed by atoms with van der Waals surface area (Å²) in [5, 5.41) is 7.57. The second kappa shape index (κ2) is 16.0. The maximum Gasteiger partial charge on any atom is 2.00 e. The minimum Gasteiger partial charge on any atom is -0.397 e. The van der Waals surface area contributed by atoms with E-state index in [4.69, 9.17) is 5.11 Å². The summed E-state index contributed by atoms with van der Waals surface area (Å²) in [5.41, 5.74) is 4.02. The molecule has 1 aliphatic carbocycles. The molecule has 0 spiro atoms. The van der Waals surface area contributed by atoms with Gasteiger partial charge in [0.05, 0.1) is 0 Å². The molecule has 1 N–H and O–H groups in total. The molecule has 1 aromatic carbocycles. The quantitative estimate of drug-likeness (QED) is 0.591. The van der Waals surface area contributed by atoms with E-state index in [2.05, 4.69) is 37.3 Å². The Morgan fingerprint density at radius 3 is 2.21 bits per heavy atom. The van der Waals surface area contributed by atoms with Gasteiger partial charge in [0.15, 0.2) is 0 Å². The van der Waals surface area contributed by atoms with E-state index in [-0.39, 0.29) is 60.6 Å². The predicted octanol–water partition coefficient (Wildman–Crippen LogP) is 4.51. The minimum atomic E-state index is 0. The number of allylic oxidation sites excluding steroid dienone is 4. The number of benzene rings is 1. The monoisotopic (exact) mass is 336 g/mol. The summed E-state index contributed by atoms with van der Waals surface area (Å²) in [7, 11) is 0. The summed E-state index contributed by atoms with van der Waals surface area (Å²) >= 11 is 0. The molecule has 1 nitrogen and oxygen atoms in total. The zero-order valence-electron chi connectivity index (χ0n) is 11.6. The van der Waals surface area contributed by atoms with Crippen LogP contribution in [0.5, 0.6) is 0 Å². The predicted molar refractivity (Wildman–Crippen MR) is 85.3 cm³/mol. The molecule has 0 bridgehead atoms. The van der Waals surface area contributed by atoms with Crippen molar-refractivity contribution < 1.29 is 26.8 Å². The van der Waals surface area contributed by atoms with Crippen molar-refractivity contribution in [2.24, 2.45) is 0 Å². The van der Waals surface area contributed by atoms with Crippen LogP contribution in [0.2, 0.25) is 0 Å². The largest absolute Gasteiger partial charge is 2.00 e. The van der Waals surface area contributed by atoms with Crippen LogP contribution in [-0.2, 0) is 21.7 Å². The van der Waals surface area contributed by atoms with Crippen LogP contribution in [-0.4, -0.2) is 11.7 Å². The van der Waals surface area contributed by atoms with Crippen molar-refractivity contribution in [2.45, 2.75) is 20.3 Å². The Balaban J connectivity index is -0.000000149. The summed E-state index contributed by atoms with van der Waals surface area (Å²) in [6.45, 7) is 4.08. The van der Waals surface area contributed by atoms with Gasteiger partial charge in [0.25, 0.3) is 0 Å². The van der Waals surface area contributed by atoms with Crippen LogP contribution in [0.1, 0.15) is 25.8 Å². The van der Waals surface area contributed by atoms with Crippen molar-refractivity contribution in [1.29, 1.82) is 0 Å². The van der Waals surface area contributed by atoms with Gasteiger partial charge in [-0.05, 0) is 20.3 Å². The number of hydrogen-bond acceptors (Lipinski definition) is 1. The van der Waals surface area contributed by atoms with Crippen molar-refractivity contribution in [1.82, 2.24) is 0 Å². The maximum absolute atomic E-state index is 7.57. The third-order valence-electron chi connectivity index (χ3n) is 2.20. The van der Waals surface area contributed by atoms with Crippen molar-refractivity contribution >= 4 is 30.4 Å². The Bertz CT molecular complexity index is 362. The number of aliphatic hydroxyl groups excluding tert-OH is 1. The molecule has 1 aliphatic rings. The number of hydrogen-bond donors (Lipinski definition) is 1. The Hall–Kier alpha value is -0.0457. The fraction of sp³-hybridized carbons (Fsp3) is 0.267. The molecule has 0 atom stereocenters. The van der Waals surface area contributed by atoms with Gasteiger partial charge in [0.2, 0.25) is 0 Å². The van der Waals surface area contributed by atoms with Crippen molar-refractivity contribution in [3.8, 4) is 0 Å². The molecular formula is C15H22Cl2OTi. The summed E-state index contributed by atoms with van der Waals surface area (Å²) in [6.07, 6.45) is 5.44. The molecule has 0 aliphatic heterocycles. The summed E-state index contributed by atoms with van der Waals surface area (Å²) in [5.74, 6) is 0. The van der Waals surface area contributed by atoms with E-state index in [9.17, 15) is 0 Å². The average Bonchev–Trinajstić information content (AvgIpc) is 2.67. The second-order valence-corrected chi connectivity index (χ2v) is 3.36. The van der Waals surface area contributed by atoms with Gasteiger partial charge in [-0.2, -0.15) is 0 Å². The molecule has 19 heavy (non-hydrogen) atoms. The molecule has 106 valence electrons. The van der Waals surface area contributed by atoms with E-state index >= 15 is 0 Å². The van der Waals surface area contributed by atoms with Gasteiger partial charge in [0, 0.05) is 6.61 Å². The molecule has 0 amide bonds. The van der Waals surface area contributed by atoms with Crippen molar-refractivity contribution in [3.63, 3.8) is 0 Å². The van der Waals surface area contributed by atoms with E-state index in [1.807, 2.05) is 12.1 Å². The molecular weight excluding hydrogens is 315 g/mol. The van der Waals surface area contributed by atoms with E-state index in [0.29, 0.717) is 0 Å². The van der Waals surface area contributed by atoms with Crippen LogP contribution in [0.15, 0.2) is 42.0 Å². The fourth-order valence-electron chi connectivity index (χ4n) is 1.52. The van der Waals surface area contributed by atoms with Gasteiger partial charge in [-0.3, -0.25) is 0 Å². The molecule has 0 radical (unpaired) electrons. The van der Waals surface area contributed by atoms with E-state index in [1.165, 1.54) is 16.7 Å². The number of halogens is 2. The minimum absolute atomic E-state index is 0. The van der Waals surface area contributed by atoms with Crippen LogP contribution in [0.4, 0.5) is 0 Å². The van der Waals surface area contributed by atoms with Gasteiger partial charge < -0.3 is 12.5 Å². The molecule has 1 aromatic rings. The van der Waals surface area contributed by atoms with Crippen LogP contribution >= 0.6 is 24.8 Å². The Morgan fingerprint density at radius 1 is 1.26 bits per heavy atom. The van der Waals surface area contributed by atoms with E-state index in [0.717, 1.165) is 6.42 Å². The van der Waals surface area contributed by atoms with Crippen LogP contribution in [0.25, 0.3) is 5.57 Å². The zero-order valence-corrected chi connectivity index (χ0v) is 14.8. The third-order valence-corrected chi connectivity index (χ3v) is 2.20. The number of aliphatic hydroxyl groups is 1. The molecule has 0 saturated carbocycles. The molecule has 0 heterocycles. The zero-order chi connectivity index (χ0) is 11.1. The van der Waals surface area contributed by atoms with Crippen molar-refractivity contribution in [3.05, 3.63) is 61.0 Å². The van der Waals surface area contributed by atoms with Crippen LogP contribution < -0.4 is 0 Å². The molecule has 0 fully saturated rings. The fourth-order valence-corrected chi connectivity index (χ4v) is 1.52. The first-order valence-electron chi connectivity index (χ1n) is 5.23. The SMILES string of the molecule is CC1=C(c2[c-]cccc2)CC=C1.CCO.Cl.Cl.[CH3-].[Ti+2]. The normalized spacial score (nSPS) is 10.9. The van der Waals surface area contributed by atoms with Crippen LogP contribution in [0, 0.1) is 13.5 Å². The number of rotatable bonds is 1. The molecule has 4 heteroatoms. The van der Waals surface area contributed by atoms with Crippen molar-refractivity contribution in [2.75, 3.05) is 6.61 Å². The van der Waals surface area contributed by atoms with Gasteiger partial charge in [0.1, 0.15) is 0 Å². The Morgan fingerprint density at radius 2 is 1.84 bits per heavy atom. The van der Waals surface area contributed by atoms with E-state index in [1.54, 1.807) is 6.92 Å². The van der Waals surface area contributed by atoms with Gasteiger partial charge in [-0.15, -0.1) is 66.3 Å². The first kappa shape index (κ1) is 27.3. The topological polar surface area (TPSA) is 20.2 Å². The average molecular weight is 337 g/mol. The Kier molecular flexibility index (Phi) is 23.0. The second-order valence-electron chi connectivity index (χ2n) is 3.36. The van der Waals surface area contributed by atoms with E-state index < -0.39 is 0 Å². The molecule has 0 saturated heterocycles. The summed E-state index contributed by atoms with van der Waals surface area (Å²) in [4.78, 5) is 0. The van der Waals surface area contributed by atoms with Gasteiger partial charge in [-0.25, -0.2) is 0 Å². The Labute approximate surface area is 144 Å². The first-order valence-corrected chi connectivity index (χ1v) is 5.23. The summed E-state index contributed by atoms with van der Waals surface area (Å²) in [6, 6.07) is 11.4.